The van der Waals surface area contributed by atoms with Crippen molar-refractivity contribution in [1.29, 1.82) is 0 Å². The molecule has 0 bridgehead atoms. The lowest BCUT2D eigenvalue weighted by molar-refractivity contribution is -0.129. The molecule has 0 saturated carbocycles. The molecule has 0 unspecified atom stereocenters. The second kappa shape index (κ2) is 7.18. The van der Waals surface area contributed by atoms with E-state index in [0.717, 1.165) is 0 Å². The predicted molar refractivity (Wildman–Crippen MR) is 113 cm³/mol. The Morgan fingerprint density at radius 1 is 1.11 bits per heavy atom. The molecular weight excluding hydrogens is 352 g/mol. The first kappa shape index (κ1) is 22.4. The van der Waals surface area contributed by atoms with E-state index in [0.29, 0.717) is 29.5 Å². The van der Waals surface area contributed by atoms with Gasteiger partial charge in [-0.2, -0.15) is 0 Å². The minimum Gasteiger partial charge on any atom is -0.507 e. The number of aryl methyl sites for hydroxylation is 1. The standard InChI is InChI=1S/C23H36N2O3/c1-14-10-16(11-18(19(14)27)21(3,4)5)20(28)25(15(2)26)17-12-22(6,7)24-23(8,9)13-17/h10-11,17,24,27H,12-13H2,1-9H3. The van der Waals surface area contributed by atoms with Gasteiger partial charge < -0.3 is 10.4 Å². The van der Waals surface area contributed by atoms with Gasteiger partial charge in [-0.1, -0.05) is 20.8 Å². The van der Waals surface area contributed by atoms with Gasteiger partial charge >= 0.3 is 0 Å². The fourth-order valence-corrected chi connectivity index (χ4v) is 4.63. The number of benzene rings is 1. The molecule has 1 aliphatic heterocycles. The third kappa shape index (κ3) is 4.75. The highest BCUT2D eigenvalue weighted by atomic mass is 16.3. The van der Waals surface area contributed by atoms with E-state index in [-0.39, 0.29) is 40.1 Å². The number of hydrogen-bond acceptors (Lipinski definition) is 4. The van der Waals surface area contributed by atoms with Gasteiger partial charge in [0.15, 0.2) is 0 Å². The summed E-state index contributed by atoms with van der Waals surface area (Å²) < 4.78 is 0. The first-order chi connectivity index (χ1) is 12.5. The van der Waals surface area contributed by atoms with Crippen molar-refractivity contribution in [2.75, 3.05) is 0 Å². The third-order valence-corrected chi connectivity index (χ3v) is 5.45. The first-order valence-electron chi connectivity index (χ1n) is 10.0. The molecule has 5 nitrogen and oxygen atoms in total. The van der Waals surface area contributed by atoms with Crippen LogP contribution in [0.4, 0.5) is 0 Å². The van der Waals surface area contributed by atoms with E-state index in [9.17, 15) is 14.7 Å². The molecule has 1 aliphatic rings. The summed E-state index contributed by atoms with van der Waals surface area (Å²) >= 11 is 0. The maximum absolute atomic E-state index is 13.5. The molecular formula is C23H36N2O3. The van der Waals surface area contributed by atoms with Crippen LogP contribution in [-0.2, 0) is 10.2 Å². The summed E-state index contributed by atoms with van der Waals surface area (Å²) in [4.78, 5) is 27.4. The van der Waals surface area contributed by atoms with Crippen molar-refractivity contribution in [3.05, 3.63) is 28.8 Å². The van der Waals surface area contributed by atoms with E-state index in [2.05, 4.69) is 33.0 Å². The van der Waals surface area contributed by atoms with Gasteiger partial charge in [-0.3, -0.25) is 14.5 Å². The van der Waals surface area contributed by atoms with Crippen molar-refractivity contribution in [3.63, 3.8) is 0 Å². The lowest BCUT2D eigenvalue weighted by atomic mass is 9.78. The summed E-state index contributed by atoms with van der Waals surface area (Å²) in [6.45, 7) is 17.6. The van der Waals surface area contributed by atoms with Crippen molar-refractivity contribution in [2.45, 2.75) is 97.7 Å². The fourth-order valence-electron chi connectivity index (χ4n) is 4.63. The van der Waals surface area contributed by atoms with Crippen molar-refractivity contribution in [2.24, 2.45) is 0 Å². The number of nitrogens with one attached hydrogen (secondary N) is 1. The third-order valence-electron chi connectivity index (χ3n) is 5.45. The minimum atomic E-state index is -0.315. The number of imide groups is 1. The lowest BCUT2D eigenvalue weighted by Crippen LogP contribution is -2.63. The van der Waals surface area contributed by atoms with Gasteiger partial charge in [0.25, 0.3) is 5.91 Å². The molecule has 0 atom stereocenters. The van der Waals surface area contributed by atoms with Gasteiger partial charge in [0.2, 0.25) is 5.91 Å². The van der Waals surface area contributed by atoms with Gasteiger partial charge in [-0.05, 0) is 70.6 Å². The zero-order chi connectivity index (χ0) is 21.7. The number of phenolic OH excluding ortho intramolecular Hbond substituents is 1. The number of phenols is 1. The average Bonchev–Trinajstić information content (AvgIpc) is 2.44. The summed E-state index contributed by atoms with van der Waals surface area (Å²) in [6, 6.07) is 3.24. The molecule has 156 valence electrons. The number of piperidine rings is 1. The Hall–Kier alpha value is -1.88. The number of amides is 2. The van der Waals surface area contributed by atoms with Gasteiger partial charge in [0.05, 0.1) is 0 Å². The van der Waals surface area contributed by atoms with Crippen LogP contribution in [0.2, 0.25) is 0 Å². The molecule has 28 heavy (non-hydrogen) atoms. The summed E-state index contributed by atoms with van der Waals surface area (Å²) in [5.74, 6) is -0.325. The molecule has 0 radical (unpaired) electrons. The second-order valence-corrected chi connectivity index (χ2v) is 10.6. The van der Waals surface area contributed by atoms with E-state index < -0.39 is 0 Å². The number of carbonyl (C=O) groups is 2. The van der Waals surface area contributed by atoms with Crippen LogP contribution in [-0.4, -0.2) is 38.9 Å². The molecule has 0 spiro atoms. The van der Waals surface area contributed by atoms with Crippen molar-refractivity contribution < 1.29 is 14.7 Å². The summed E-state index contributed by atoms with van der Waals surface area (Å²) in [5.41, 5.74) is 1.13. The topological polar surface area (TPSA) is 69.6 Å². The van der Waals surface area contributed by atoms with Crippen LogP contribution in [0.1, 0.15) is 89.7 Å². The maximum atomic E-state index is 13.5. The SMILES string of the molecule is CC(=O)N(C(=O)c1cc(C)c(O)c(C(C)(C)C)c1)C1CC(C)(C)NC(C)(C)C1. The molecule has 1 fully saturated rings. The summed E-state index contributed by atoms with van der Waals surface area (Å²) in [5, 5.41) is 14.1. The quantitative estimate of drug-likeness (QED) is 0.793. The molecule has 1 aromatic carbocycles. The predicted octanol–water partition coefficient (Wildman–Crippen LogP) is 4.30. The largest absolute Gasteiger partial charge is 0.507 e. The zero-order valence-electron chi connectivity index (χ0n) is 18.9. The highest BCUT2D eigenvalue weighted by Gasteiger charge is 2.42. The Labute approximate surface area is 169 Å². The Balaban J connectivity index is 2.50. The Kier molecular flexibility index (Phi) is 5.75. The monoisotopic (exact) mass is 388 g/mol. The van der Waals surface area contributed by atoms with Crippen LogP contribution < -0.4 is 5.32 Å². The molecule has 5 heteroatoms. The molecule has 2 N–H and O–H groups in total. The minimum absolute atomic E-state index is 0.177. The van der Waals surface area contributed by atoms with Crippen LogP contribution in [0.3, 0.4) is 0 Å². The molecule has 2 rings (SSSR count). The van der Waals surface area contributed by atoms with Crippen molar-refractivity contribution >= 4 is 11.8 Å². The van der Waals surface area contributed by atoms with Crippen molar-refractivity contribution in [1.82, 2.24) is 10.2 Å². The lowest BCUT2D eigenvalue weighted by Gasteiger charge is -2.49. The van der Waals surface area contributed by atoms with Crippen LogP contribution >= 0.6 is 0 Å². The number of hydrogen-bond donors (Lipinski definition) is 2. The molecule has 1 saturated heterocycles. The highest BCUT2D eigenvalue weighted by Crippen LogP contribution is 2.36. The summed E-state index contributed by atoms with van der Waals surface area (Å²) in [7, 11) is 0. The smallest absolute Gasteiger partial charge is 0.260 e. The highest BCUT2D eigenvalue weighted by molar-refractivity contribution is 6.04. The van der Waals surface area contributed by atoms with Crippen LogP contribution in [0, 0.1) is 6.92 Å². The fraction of sp³-hybridized carbons (Fsp3) is 0.652. The molecule has 2 amide bonds. The second-order valence-electron chi connectivity index (χ2n) is 10.6. The van der Waals surface area contributed by atoms with Crippen LogP contribution in [0.25, 0.3) is 0 Å². The average molecular weight is 389 g/mol. The Morgan fingerprint density at radius 2 is 1.61 bits per heavy atom. The van der Waals surface area contributed by atoms with Gasteiger partial charge in [-0.25, -0.2) is 0 Å². The number of carbonyl (C=O) groups excluding carboxylic acids is 2. The first-order valence-corrected chi connectivity index (χ1v) is 10.0. The molecule has 1 aromatic rings. The van der Waals surface area contributed by atoms with Crippen LogP contribution in [0.15, 0.2) is 12.1 Å². The Bertz CT molecular complexity index is 772. The normalized spacial score (nSPS) is 19.3. The van der Waals surface area contributed by atoms with E-state index in [1.807, 2.05) is 20.8 Å². The van der Waals surface area contributed by atoms with Gasteiger partial charge in [0, 0.05) is 35.2 Å². The van der Waals surface area contributed by atoms with Crippen LogP contribution in [0.5, 0.6) is 5.75 Å². The van der Waals surface area contributed by atoms with E-state index in [1.54, 1.807) is 19.1 Å². The maximum Gasteiger partial charge on any atom is 0.260 e. The van der Waals surface area contributed by atoms with E-state index in [1.165, 1.54) is 11.8 Å². The number of aromatic hydroxyl groups is 1. The molecule has 0 aliphatic carbocycles. The number of rotatable bonds is 2. The summed E-state index contributed by atoms with van der Waals surface area (Å²) in [6.07, 6.45) is 1.40. The van der Waals surface area contributed by atoms with Crippen molar-refractivity contribution in [3.8, 4) is 5.75 Å². The molecule has 0 aromatic heterocycles. The van der Waals surface area contributed by atoms with Gasteiger partial charge in [-0.15, -0.1) is 0 Å². The Morgan fingerprint density at radius 3 is 2.04 bits per heavy atom. The zero-order valence-corrected chi connectivity index (χ0v) is 18.9. The van der Waals surface area contributed by atoms with E-state index in [4.69, 9.17) is 0 Å². The van der Waals surface area contributed by atoms with E-state index >= 15 is 0 Å². The molecule has 1 heterocycles. The number of nitrogens with zero attached hydrogens (tertiary/aromatic N) is 1. The van der Waals surface area contributed by atoms with Gasteiger partial charge in [0.1, 0.15) is 5.75 Å².